The maximum atomic E-state index is 12.8. The van der Waals surface area contributed by atoms with Crippen LogP contribution in [0.4, 0.5) is 0 Å². The van der Waals surface area contributed by atoms with Crippen molar-refractivity contribution in [3.05, 3.63) is 35.5 Å². The Morgan fingerprint density at radius 2 is 1.86 bits per heavy atom. The molecule has 1 amide bonds. The number of hydrogen-bond donors (Lipinski definition) is 3. The first-order chi connectivity index (χ1) is 13.9. The molecule has 1 heterocycles. The van der Waals surface area contributed by atoms with Crippen molar-refractivity contribution in [2.75, 3.05) is 19.6 Å². The van der Waals surface area contributed by atoms with Gasteiger partial charge in [0.05, 0.1) is 19.6 Å². The molecule has 29 heavy (non-hydrogen) atoms. The number of aromatic amines is 1. The van der Waals surface area contributed by atoms with Crippen LogP contribution in [-0.2, 0) is 11.2 Å². The van der Waals surface area contributed by atoms with Crippen LogP contribution in [-0.4, -0.2) is 36.6 Å². The van der Waals surface area contributed by atoms with Crippen molar-refractivity contribution < 1.29 is 9.69 Å². The van der Waals surface area contributed by atoms with Gasteiger partial charge in [0, 0.05) is 29.6 Å². The molecule has 0 saturated carbocycles. The summed E-state index contributed by atoms with van der Waals surface area (Å²) in [7, 11) is 0. The molecule has 0 aliphatic rings. The van der Waals surface area contributed by atoms with E-state index in [2.05, 4.69) is 76.2 Å². The maximum Gasteiger partial charge on any atom is 0.220 e. The lowest BCUT2D eigenvalue weighted by molar-refractivity contribution is -0.896. The SMILES string of the molecule is CCc1cccc2c([C@H](CC(=O)N[C@@H](C)CCC[NH+](CC)CC)C(C)C)c[nH]c12. The summed E-state index contributed by atoms with van der Waals surface area (Å²) in [5.74, 6) is 0.808. The maximum absolute atomic E-state index is 12.8. The van der Waals surface area contributed by atoms with Crippen LogP contribution < -0.4 is 10.2 Å². The fourth-order valence-electron chi connectivity index (χ4n) is 4.41. The molecule has 1 aromatic carbocycles. The van der Waals surface area contributed by atoms with Gasteiger partial charge in [-0.3, -0.25) is 4.79 Å². The predicted molar refractivity (Wildman–Crippen MR) is 124 cm³/mol. The Balaban J connectivity index is 1.99. The molecule has 162 valence electrons. The Labute approximate surface area is 177 Å². The molecule has 1 aromatic heterocycles. The highest BCUT2D eigenvalue weighted by molar-refractivity contribution is 5.87. The van der Waals surface area contributed by atoms with Crippen molar-refractivity contribution in [1.82, 2.24) is 10.3 Å². The highest BCUT2D eigenvalue weighted by atomic mass is 16.1. The normalized spacial score (nSPS) is 13.9. The van der Waals surface area contributed by atoms with E-state index in [0.29, 0.717) is 12.3 Å². The van der Waals surface area contributed by atoms with Crippen molar-refractivity contribution in [3.63, 3.8) is 0 Å². The standard InChI is InChI=1S/C25H41N3O/c1-7-20-13-10-14-21-23(17-26-25(20)21)22(18(4)5)16-24(29)27-19(6)12-11-15-28(8-2)9-3/h10,13-14,17-19,22,26H,7-9,11-12,15-16H2,1-6H3,(H,27,29)/p+1/t19-,22+/m0/s1. The second kappa shape index (κ2) is 11.4. The number of rotatable bonds is 12. The lowest BCUT2D eigenvalue weighted by Crippen LogP contribution is -3.11. The van der Waals surface area contributed by atoms with Crippen LogP contribution in [0.15, 0.2) is 24.4 Å². The molecule has 3 N–H and O–H groups in total. The molecular weight excluding hydrogens is 358 g/mol. The third-order valence-corrected chi connectivity index (χ3v) is 6.40. The second-order valence-corrected chi connectivity index (χ2v) is 8.81. The number of amides is 1. The Morgan fingerprint density at radius 1 is 1.14 bits per heavy atom. The van der Waals surface area contributed by atoms with Gasteiger partial charge in [-0.15, -0.1) is 0 Å². The summed E-state index contributed by atoms with van der Waals surface area (Å²) in [6.07, 6.45) is 5.89. The van der Waals surface area contributed by atoms with E-state index in [1.807, 2.05) is 0 Å². The Morgan fingerprint density at radius 3 is 2.48 bits per heavy atom. The molecule has 2 atom stereocenters. The van der Waals surface area contributed by atoms with Gasteiger partial charge in [0.15, 0.2) is 0 Å². The number of quaternary nitrogens is 1. The number of aryl methyl sites for hydroxylation is 1. The van der Waals surface area contributed by atoms with E-state index in [1.54, 1.807) is 4.90 Å². The van der Waals surface area contributed by atoms with Crippen LogP contribution in [0.3, 0.4) is 0 Å². The van der Waals surface area contributed by atoms with Crippen LogP contribution >= 0.6 is 0 Å². The van der Waals surface area contributed by atoms with Crippen molar-refractivity contribution in [2.24, 2.45) is 5.92 Å². The van der Waals surface area contributed by atoms with E-state index in [-0.39, 0.29) is 17.9 Å². The van der Waals surface area contributed by atoms with E-state index in [9.17, 15) is 4.79 Å². The Hall–Kier alpha value is -1.81. The molecule has 0 saturated heterocycles. The third kappa shape index (κ3) is 6.33. The first-order valence-corrected chi connectivity index (χ1v) is 11.6. The number of hydrogen-bond acceptors (Lipinski definition) is 1. The van der Waals surface area contributed by atoms with Gasteiger partial charge in [0.1, 0.15) is 0 Å². The van der Waals surface area contributed by atoms with Gasteiger partial charge in [-0.2, -0.15) is 0 Å². The van der Waals surface area contributed by atoms with Crippen molar-refractivity contribution in [2.45, 2.75) is 79.2 Å². The van der Waals surface area contributed by atoms with Gasteiger partial charge in [-0.25, -0.2) is 0 Å². The fourth-order valence-corrected chi connectivity index (χ4v) is 4.41. The molecule has 0 fully saturated rings. The highest BCUT2D eigenvalue weighted by Crippen LogP contribution is 2.34. The monoisotopic (exact) mass is 400 g/mol. The van der Waals surface area contributed by atoms with Crippen LogP contribution in [0.1, 0.15) is 77.8 Å². The van der Waals surface area contributed by atoms with E-state index in [0.717, 1.165) is 19.3 Å². The smallest absolute Gasteiger partial charge is 0.220 e. The van der Waals surface area contributed by atoms with E-state index in [1.165, 1.54) is 41.7 Å². The topological polar surface area (TPSA) is 49.3 Å². The van der Waals surface area contributed by atoms with Crippen LogP contribution in [0.25, 0.3) is 10.9 Å². The molecule has 4 heteroatoms. The lowest BCUT2D eigenvalue weighted by atomic mass is 9.85. The zero-order chi connectivity index (χ0) is 21.4. The summed E-state index contributed by atoms with van der Waals surface area (Å²) in [5, 5.41) is 4.52. The highest BCUT2D eigenvalue weighted by Gasteiger charge is 2.23. The quantitative estimate of drug-likeness (QED) is 0.494. The van der Waals surface area contributed by atoms with E-state index in [4.69, 9.17) is 0 Å². The largest absolute Gasteiger partial charge is 0.361 e. The first kappa shape index (κ1) is 23.5. The van der Waals surface area contributed by atoms with Gasteiger partial charge in [0.25, 0.3) is 0 Å². The molecule has 2 aromatic rings. The number of aromatic nitrogens is 1. The minimum atomic E-state index is 0.174. The minimum absolute atomic E-state index is 0.174. The summed E-state index contributed by atoms with van der Waals surface area (Å²) in [6.45, 7) is 16.8. The van der Waals surface area contributed by atoms with Crippen molar-refractivity contribution >= 4 is 16.8 Å². The van der Waals surface area contributed by atoms with Crippen LogP contribution in [0.2, 0.25) is 0 Å². The van der Waals surface area contributed by atoms with Gasteiger partial charge >= 0.3 is 0 Å². The number of para-hydroxylation sites is 1. The van der Waals surface area contributed by atoms with Crippen molar-refractivity contribution in [1.29, 1.82) is 0 Å². The third-order valence-electron chi connectivity index (χ3n) is 6.40. The van der Waals surface area contributed by atoms with Gasteiger partial charge in [-0.05, 0) is 63.0 Å². The predicted octanol–water partition coefficient (Wildman–Crippen LogP) is 4.07. The van der Waals surface area contributed by atoms with Crippen LogP contribution in [0.5, 0.6) is 0 Å². The molecule has 4 nitrogen and oxygen atoms in total. The second-order valence-electron chi connectivity index (χ2n) is 8.81. The number of benzene rings is 1. The van der Waals surface area contributed by atoms with Gasteiger partial charge < -0.3 is 15.2 Å². The molecule has 0 unspecified atom stereocenters. The van der Waals surface area contributed by atoms with E-state index >= 15 is 0 Å². The summed E-state index contributed by atoms with van der Waals surface area (Å²) < 4.78 is 0. The molecule has 2 rings (SSSR count). The average molecular weight is 401 g/mol. The molecule has 0 aliphatic heterocycles. The number of carbonyl (C=O) groups excluding carboxylic acids is 1. The summed E-state index contributed by atoms with van der Waals surface area (Å²) in [6, 6.07) is 6.74. The number of H-pyrrole nitrogens is 1. The number of fused-ring (bicyclic) bond motifs is 1. The van der Waals surface area contributed by atoms with Crippen LogP contribution in [0, 0.1) is 5.92 Å². The van der Waals surface area contributed by atoms with Crippen molar-refractivity contribution in [3.8, 4) is 0 Å². The Kier molecular flexibility index (Phi) is 9.22. The number of nitrogens with one attached hydrogen (secondary N) is 3. The molecule has 0 bridgehead atoms. The summed E-state index contributed by atoms with van der Waals surface area (Å²) in [5.41, 5.74) is 3.84. The van der Waals surface area contributed by atoms with Gasteiger partial charge in [0.2, 0.25) is 5.91 Å². The summed E-state index contributed by atoms with van der Waals surface area (Å²) >= 11 is 0. The molecule has 0 aliphatic carbocycles. The summed E-state index contributed by atoms with van der Waals surface area (Å²) in [4.78, 5) is 17.9. The van der Waals surface area contributed by atoms with Gasteiger partial charge in [-0.1, -0.05) is 39.0 Å². The average Bonchev–Trinajstić information content (AvgIpc) is 3.13. The molecule has 0 radical (unpaired) electrons. The van der Waals surface area contributed by atoms with E-state index < -0.39 is 0 Å². The fraction of sp³-hybridized carbons (Fsp3) is 0.640. The molecule has 0 spiro atoms. The molecular formula is C25H42N3O+. The zero-order valence-corrected chi connectivity index (χ0v) is 19.4. The first-order valence-electron chi connectivity index (χ1n) is 11.6. The minimum Gasteiger partial charge on any atom is -0.361 e. The lowest BCUT2D eigenvalue weighted by Gasteiger charge is -2.22. The zero-order valence-electron chi connectivity index (χ0n) is 19.4. The Bertz CT molecular complexity index is 761. The number of carbonyl (C=O) groups is 1.